The van der Waals surface area contributed by atoms with Crippen molar-refractivity contribution in [2.24, 2.45) is 22.7 Å². The Labute approximate surface area is 125 Å². The summed E-state index contributed by atoms with van der Waals surface area (Å²) in [7, 11) is 0. The number of ether oxygens (including phenoxy) is 1. The number of carboxylic acid groups (broad SMARTS) is 1. The molecule has 4 atom stereocenters. The van der Waals surface area contributed by atoms with Crippen LogP contribution in [0.15, 0.2) is 12.2 Å². The maximum absolute atomic E-state index is 12.5. The van der Waals surface area contributed by atoms with Gasteiger partial charge in [-0.2, -0.15) is 0 Å². The lowest BCUT2D eigenvalue weighted by Gasteiger charge is -2.41. The molecule has 21 heavy (non-hydrogen) atoms. The zero-order chi connectivity index (χ0) is 15.8. The normalized spacial score (nSPS) is 30.8. The van der Waals surface area contributed by atoms with E-state index < -0.39 is 29.4 Å². The Bertz CT molecular complexity index is 462. The molecule has 0 amide bonds. The van der Waals surface area contributed by atoms with E-state index in [2.05, 4.69) is 12.2 Å². The van der Waals surface area contributed by atoms with Crippen molar-refractivity contribution in [3.63, 3.8) is 0 Å². The van der Waals surface area contributed by atoms with E-state index in [0.717, 1.165) is 19.3 Å². The lowest BCUT2D eigenvalue weighted by molar-refractivity contribution is -0.188. The summed E-state index contributed by atoms with van der Waals surface area (Å²) in [5, 5.41) is 19.1. The topological polar surface area (TPSA) is 83.8 Å². The number of hydrogen-bond acceptors (Lipinski definition) is 4. The van der Waals surface area contributed by atoms with Gasteiger partial charge in [-0.25, -0.2) is 0 Å². The Morgan fingerprint density at radius 3 is 2.24 bits per heavy atom. The molecule has 0 aliphatic heterocycles. The number of carboxylic acids is 1. The molecule has 1 saturated carbocycles. The first-order valence-corrected chi connectivity index (χ1v) is 7.46. The number of esters is 1. The van der Waals surface area contributed by atoms with Crippen molar-refractivity contribution in [3.05, 3.63) is 12.2 Å². The average Bonchev–Trinajstić information content (AvgIpc) is 2.39. The SMILES string of the molecule is CC(C)(C)C(CO)(C(=O)O)C(=O)OC1CC2C=CC1CC2. The smallest absolute Gasteiger partial charge is 0.326 e. The molecule has 0 aromatic heterocycles. The van der Waals surface area contributed by atoms with E-state index in [-0.39, 0.29) is 12.0 Å². The summed E-state index contributed by atoms with van der Waals surface area (Å²) in [6.45, 7) is 4.13. The second-order valence-corrected chi connectivity index (χ2v) is 7.18. The van der Waals surface area contributed by atoms with Crippen molar-refractivity contribution in [1.82, 2.24) is 0 Å². The van der Waals surface area contributed by atoms with Crippen molar-refractivity contribution >= 4 is 11.9 Å². The minimum atomic E-state index is -1.92. The molecule has 0 aromatic carbocycles. The Balaban J connectivity index is 2.20. The third-order valence-corrected chi connectivity index (χ3v) is 5.00. The lowest BCUT2D eigenvalue weighted by atomic mass is 9.66. The molecule has 3 rings (SSSR count). The molecule has 1 fully saturated rings. The van der Waals surface area contributed by atoms with Crippen LogP contribution in [0.1, 0.15) is 40.0 Å². The fourth-order valence-electron chi connectivity index (χ4n) is 3.34. The zero-order valence-corrected chi connectivity index (χ0v) is 12.8. The van der Waals surface area contributed by atoms with Crippen molar-refractivity contribution in [3.8, 4) is 0 Å². The zero-order valence-electron chi connectivity index (χ0n) is 12.8. The highest BCUT2D eigenvalue weighted by atomic mass is 16.5. The Morgan fingerprint density at radius 2 is 1.90 bits per heavy atom. The molecule has 5 heteroatoms. The summed E-state index contributed by atoms with van der Waals surface area (Å²) < 4.78 is 5.54. The number of carbonyl (C=O) groups excluding carboxylic acids is 1. The van der Waals surface area contributed by atoms with Gasteiger partial charge in [-0.1, -0.05) is 32.9 Å². The predicted molar refractivity (Wildman–Crippen MR) is 76.5 cm³/mol. The second kappa shape index (κ2) is 5.44. The van der Waals surface area contributed by atoms with Crippen LogP contribution < -0.4 is 0 Å². The molecule has 0 heterocycles. The molecule has 4 unspecified atom stereocenters. The maximum atomic E-state index is 12.5. The molecule has 0 saturated heterocycles. The number of aliphatic carboxylic acids is 1. The monoisotopic (exact) mass is 296 g/mol. The highest BCUT2D eigenvalue weighted by Gasteiger charge is 2.57. The van der Waals surface area contributed by atoms with Crippen LogP contribution in [0, 0.1) is 22.7 Å². The number of allylic oxidation sites excluding steroid dienone is 1. The van der Waals surface area contributed by atoms with Crippen LogP contribution in [0.25, 0.3) is 0 Å². The van der Waals surface area contributed by atoms with Crippen LogP contribution in [-0.4, -0.2) is 34.9 Å². The van der Waals surface area contributed by atoms with Crippen molar-refractivity contribution < 1.29 is 24.5 Å². The predicted octanol–water partition coefficient (Wildman–Crippen LogP) is 1.99. The van der Waals surface area contributed by atoms with Gasteiger partial charge in [-0.05, 0) is 30.6 Å². The molecule has 0 aromatic rings. The van der Waals surface area contributed by atoms with Gasteiger partial charge in [0.2, 0.25) is 0 Å². The van der Waals surface area contributed by atoms with Crippen LogP contribution in [0.4, 0.5) is 0 Å². The Hall–Kier alpha value is -1.36. The summed E-state index contributed by atoms with van der Waals surface area (Å²) in [6.07, 6.45) is 6.76. The minimum Gasteiger partial charge on any atom is -0.480 e. The minimum absolute atomic E-state index is 0.170. The average molecular weight is 296 g/mol. The summed E-state index contributed by atoms with van der Waals surface area (Å²) in [5.41, 5.74) is -2.86. The molecule has 2 N–H and O–H groups in total. The number of aliphatic hydroxyl groups excluding tert-OH is 1. The summed E-state index contributed by atoms with van der Waals surface area (Å²) in [4.78, 5) is 24.2. The molecule has 3 aliphatic rings. The van der Waals surface area contributed by atoms with Gasteiger partial charge in [0.05, 0.1) is 6.61 Å². The highest BCUT2D eigenvalue weighted by Crippen LogP contribution is 2.43. The van der Waals surface area contributed by atoms with Gasteiger partial charge in [0.1, 0.15) is 6.10 Å². The second-order valence-electron chi connectivity index (χ2n) is 7.18. The summed E-state index contributed by atoms with van der Waals surface area (Å²) >= 11 is 0. The van der Waals surface area contributed by atoms with Gasteiger partial charge in [-0.3, -0.25) is 9.59 Å². The molecule has 2 bridgehead atoms. The van der Waals surface area contributed by atoms with E-state index >= 15 is 0 Å². The van der Waals surface area contributed by atoms with E-state index in [4.69, 9.17) is 4.74 Å². The molecule has 3 aliphatic carbocycles. The van der Waals surface area contributed by atoms with E-state index in [9.17, 15) is 19.8 Å². The van der Waals surface area contributed by atoms with Gasteiger partial charge in [-0.15, -0.1) is 0 Å². The van der Waals surface area contributed by atoms with Gasteiger partial charge in [0.15, 0.2) is 5.41 Å². The fourth-order valence-corrected chi connectivity index (χ4v) is 3.34. The number of aliphatic hydroxyl groups is 1. The fraction of sp³-hybridized carbons (Fsp3) is 0.750. The Kier molecular flexibility index (Phi) is 4.15. The molecule has 5 nitrogen and oxygen atoms in total. The van der Waals surface area contributed by atoms with Crippen LogP contribution >= 0.6 is 0 Å². The molecular weight excluding hydrogens is 272 g/mol. The van der Waals surface area contributed by atoms with Gasteiger partial charge in [0.25, 0.3) is 0 Å². The maximum Gasteiger partial charge on any atom is 0.326 e. The number of rotatable bonds is 4. The van der Waals surface area contributed by atoms with Gasteiger partial charge in [0, 0.05) is 5.92 Å². The van der Waals surface area contributed by atoms with Crippen LogP contribution in [0.3, 0.4) is 0 Å². The van der Waals surface area contributed by atoms with Crippen LogP contribution in [-0.2, 0) is 14.3 Å². The highest BCUT2D eigenvalue weighted by molar-refractivity contribution is 6.00. The quantitative estimate of drug-likeness (QED) is 0.471. The van der Waals surface area contributed by atoms with Crippen molar-refractivity contribution in [2.75, 3.05) is 6.61 Å². The number of carbonyl (C=O) groups is 2. The number of fused-ring (bicyclic) bond motifs is 2. The third kappa shape index (κ3) is 2.59. The van der Waals surface area contributed by atoms with Crippen molar-refractivity contribution in [1.29, 1.82) is 0 Å². The number of hydrogen-bond donors (Lipinski definition) is 2. The molecule has 0 radical (unpaired) electrons. The first-order chi connectivity index (χ1) is 9.72. The first-order valence-electron chi connectivity index (χ1n) is 7.46. The Morgan fingerprint density at radius 1 is 1.24 bits per heavy atom. The standard InChI is InChI=1S/C16H24O5/c1-15(2,3)16(9-17,13(18)19)14(20)21-12-8-10-4-6-11(12)7-5-10/h4,6,10-12,17H,5,7-9H2,1-3H3,(H,18,19). The van der Waals surface area contributed by atoms with Crippen LogP contribution in [0.2, 0.25) is 0 Å². The van der Waals surface area contributed by atoms with E-state index in [1.807, 2.05) is 0 Å². The van der Waals surface area contributed by atoms with Crippen LogP contribution in [0.5, 0.6) is 0 Å². The van der Waals surface area contributed by atoms with Crippen molar-refractivity contribution in [2.45, 2.75) is 46.1 Å². The summed E-state index contributed by atoms with van der Waals surface area (Å²) in [5.74, 6) is -1.57. The third-order valence-electron chi connectivity index (χ3n) is 5.00. The first kappa shape index (κ1) is 16.0. The largest absolute Gasteiger partial charge is 0.480 e. The van der Waals surface area contributed by atoms with Gasteiger partial charge < -0.3 is 14.9 Å². The van der Waals surface area contributed by atoms with E-state index in [1.165, 1.54) is 0 Å². The summed E-state index contributed by atoms with van der Waals surface area (Å²) in [6, 6.07) is 0. The molecule has 0 spiro atoms. The van der Waals surface area contributed by atoms with E-state index in [0.29, 0.717) is 5.92 Å². The lowest BCUT2D eigenvalue weighted by Crippen LogP contribution is -2.54. The molecular formula is C16H24O5. The van der Waals surface area contributed by atoms with Gasteiger partial charge >= 0.3 is 11.9 Å². The van der Waals surface area contributed by atoms with E-state index in [1.54, 1.807) is 20.8 Å². The molecule has 118 valence electrons.